The molecule has 5 nitrogen and oxygen atoms in total. The highest BCUT2D eigenvalue weighted by Gasteiger charge is 2.37. The molecule has 0 spiro atoms. The molecule has 1 aliphatic heterocycles. The summed E-state index contributed by atoms with van der Waals surface area (Å²) in [6.07, 6.45) is 2.60. The van der Waals surface area contributed by atoms with Gasteiger partial charge in [0.1, 0.15) is 0 Å². The quantitative estimate of drug-likeness (QED) is 0.783. The molecule has 0 saturated carbocycles. The predicted molar refractivity (Wildman–Crippen MR) is 77.6 cm³/mol. The fourth-order valence-corrected chi connectivity index (χ4v) is 3.07. The minimum Gasteiger partial charge on any atom is -0.462 e. The third kappa shape index (κ3) is 3.56. The molecule has 1 saturated heterocycles. The lowest BCUT2D eigenvalue weighted by Crippen LogP contribution is -2.27. The normalized spacial score (nSPS) is 20.5. The Morgan fingerprint density at radius 1 is 1.55 bits per heavy atom. The maximum atomic E-state index is 12.1. The van der Waals surface area contributed by atoms with Crippen molar-refractivity contribution in [1.29, 1.82) is 0 Å². The van der Waals surface area contributed by atoms with Crippen LogP contribution < -0.4 is 4.90 Å². The van der Waals surface area contributed by atoms with Crippen LogP contribution in [0.5, 0.6) is 0 Å². The van der Waals surface area contributed by atoms with Crippen molar-refractivity contribution in [2.45, 2.75) is 39.7 Å². The second-order valence-corrected chi connectivity index (χ2v) is 6.47. The van der Waals surface area contributed by atoms with Crippen molar-refractivity contribution >= 4 is 28.3 Å². The van der Waals surface area contributed by atoms with Crippen LogP contribution in [0, 0.1) is 11.8 Å². The van der Waals surface area contributed by atoms with Crippen LogP contribution in [0.4, 0.5) is 5.13 Å². The van der Waals surface area contributed by atoms with Crippen molar-refractivity contribution in [2.24, 2.45) is 11.8 Å². The molecule has 0 radical (unpaired) electrons. The van der Waals surface area contributed by atoms with Crippen molar-refractivity contribution in [3.05, 3.63) is 11.6 Å². The summed E-state index contributed by atoms with van der Waals surface area (Å²) in [5.74, 6) is -0.222. The van der Waals surface area contributed by atoms with Crippen molar-refractivity contribution in [3.8, 4) is 0 Å². The number of hydrogen-bond donors (Lipinski definition) is 0. The Morgan fingerprint density at radius 3 is 2.90 bits per heavy atom. The zero-order valence-corrected chi connectivity index (χ0v) is 12.9. The summed E-state index contributed by atoms with van der Waals surface area (Å²) in [5.41, 5.74) is 0. The van der Waals surface area contributed by atoms with E-state index in [4.69, 9.17) is 4.74 Å². The van der Waals surface area contributed by atoms with Crippen LogP contribution in [-0.4, -0.2) is 29.5 Å². The van der Waals surface area contributed by atoms with E-state index in [1.165, 1.54) is 11.3 Å². The van der Waals surface area contributed by atoms with Gasteiger partial charge in [0.2, 0.25) is 5.91 Å². The van der Waals surface area contributed by atoms with E-state index in [1.54, 1.807) is 11.1 Å². The minimum absolute atomic E-state index is 0.0570. The largest absolute Gasteiger partial charge is 0.462 e. The molecule has 1 aromatic rings. The van der Waals surface area contributed by atoms with Gasteiger partial charge in [-0.25, -0.2) is 4.98 Å². The smallest absolute Gasteiger partial charge is 0.311 e. The third-order valence-corrected chi connectivity index (χ3v) is 4.02. The van der Waals surface area contributed by atoms with E-state index in [9.17, 15) is 9.59 Å². The highest BCUT2D eigenvalue weighted by Crippen LogP contribution is 2.27. The lowest BCUT2D eigenvalue weighted by atomic mass is 10.1. The zero-order valence-electron chi connectivity index (χ0n) is 12.0. The van der Waals surface area contributed by atoms with Gasteiger partial charge in [0.25, 0.3) is 0 Å². The number of thiazole rings is 1. The Hall–Kier alpha value is -1.43. The topological polar surface area (TPSA) is 59.5 Å². The first-order valence-electron chi connectivity index (χ1n) is 6.87. The highest BCUT2D eigenvalue weighted by molar-refractivity contribution is 7.13. The van der Waals surface area contributed by atoms with Crippen molar-refractivity contribution in [2.75, 3.05) is 11.4 Å². The molecule has 0 N–H and O–H groups in total. The van der Waals surface area contributed by atoms with E-state index in [0.717, 1.165) is 6.42 Å². The van der Waals surface area contributed by atoms with Crippen LogP contribution in [0.3, 0.4) is 0 Å². The van der Waals surface area contributed by atoms with Gasteiger partial charge in [-0.1, -0.05) is 13.8 Å². The van der Waals surface area contributed by atoms with Gasteiger partial charge in [0, 0.05) is 24.5 Å². The first-order valence-corrected chi connectivity index (χ1v) is 7.75. The van der Waals surface area contributed by atoms with Crippen molar-refractivity contribution in [3.63, 3.8) is 0 Å². The number of aromatic nitrogens is 1. The Balaban J connectivity index is 1.91. The molecule has 1 amide bonds. The van der Waals surface area contributed by atoms with Crippen molar-refractivity contribution in [1.82, 2.24) is 4.98 Å². The van der Waals surface area contributed by atoms with Gasteiger partial charge < -0.3 is 4.74 Å². The van der Waals surface area contributed by atoms with Crippen LogP contribution in [0.25, 0.3) is 0 Å². The second-order valence-electron chi connectivity index (χ2n) is 5.60. The van der Waals surface area contributed by atoms with E-state index in [-0.39, 0.29) is 30.3 Å². The van der Waals surface area contributed by atoms with E-state index >= 15 is 0 Å². The monoisotopic (exact) mass is 296 g/mol. The summed E-state index contributed by atoms with van der Waals surface area (Å²) in [6.45, 7) is 6.45. The molecule has 2 atom stereocenters. The number of ether oxygens (including phenoxy) is 1. The first-order chi connectivity index (χ1) is 9.47. The number of nitrogens with zero attached hydrogens (tertiary/aromatic N) is 2. The van der Waals surface area contributed by atoms with Crippen molar-refractivity contribution < 1.29 is 14.3 Å². The molecular weight excluding hydrogens is 276 g/mol. The van der Waals surface area contributed by atoms with Gasteiger partial charge in [0.15, 0.2) is 5.13 Å². The lowest BCUT2D eigenvalue weighted by molar-refractivity contribution is -0.153. The van der Waals surface area contributed by atoms with Crippen LogP contribution in [0.15, 0.2) is 11.6 Å². The molecule has 1 fully saturated rings. The van der Waals surface area contributed by atoms with Crippen LogP contribution in [-0.2, 0) is 14.3 Å². The number of esters is 1. The molecule has 1 aliphatic rings. The Labute approximate surface area is 122 Å². The lowest BCUT2D eigenvalue weighted by Gasteiger charge is -2.17. The van der Waals surface area contributed by atoms with Gasteiger partial charge in [-0.15, -0.1) is 11.3 Å². The fourth-order valence-electron chi connectivity index (χ4n) is 2.41. The SMILES string of the molecule is CC(C)C[C@H](C)OC(=O)[C@H]1CC(=O)N(c2nccs2)C1. The Morgan fingerprint density at radius 2 is 2.30 bits per heavy atom. The summed E-state index contributed by atoms with van der Waals surface area (Å²) in [4.78, 5) is 29.7. The molecular formula is C14H20N2O3S. The number of rotatable bonds is 5. The van der Waals surface area contributed by atoms with E-state index in [1.807, 2.05) is 12.3 Å². The highest BCUT2D eigenvalue weighted by atomic mass is 32.1. The third-order valence-electron chi connectivity index (χ3n) is 3.23. The maximum absolute atomic E-state index is 12.1. The number of carbonyl (C=O) groups excluding carboxylic acids is 2. The molecule has 20 heavy (non-hydrogen) atoms. The number of carbonyl (C=O) groups is 2. The minimum atomic E-state index is -0.374. The molecule has 2 heterocycles. The molecule has 0 aromatic carbocycles. The number of hydrogen-bond acceptors (Lipinski definition) is 5. The zero-order chi connectivity index (χ0) is 14.7. The number of anilines is 1. The van der Waals surface area contributed by atoms with Gasteiger partial charge in [-0.3, -0.25) is 14.5 Å². The molecule has 0 aliphatic carbocycles. The average Bonchev–Trinajstić information content (AvgIpc) is 2.95. The molecule has 0 bridgehead atoms. The summed E-state index contributed by atoms with van der Waals surface area (Å²) in [6, 6.07) is 0. The molecule has 1 aromatic heterocycles. The van der Waals surface area contributed by atoms with Gasteiger partial charge in [0.05, 0.1) is 12.0 Å². The van der Waals surface area contributed by atoms with Gasteiger partial charge in [-0.2, -0.15) is 0 Å². The second kappa shape index (κ2) is 6.35. The standard InChI is InChI=1S/C14H20N2O3S/c1-9(2)6-10(3)19-13(18)11-7-12(17)16(8-11)14-15-4-5-20-14/h4-5,9-11H,6-8H2,1-3H3/t10-,11-/m0/s1. The van der Waals surface area contributed by atoms with E-state index in [0.29, 0.717) is 17.6 Å². The average molecular weight is 296 g/mol. The van der Waals surface area contributed by atoms with E-state index < -0.39 is 0 Å². The summed E-state index contributed by atoms with van der Waals surface area (Å²) >= 11 is 1.40. The van der Waals surface area contributed by atoms with Gasteiger partial charge in [-0.05, 0) is 19.3 Å². The molecule has 0 unspecified atom stereocenters. The van der Waals surface area contributed by atoms with Crippen LogP contribution in [0.2, 0.25) is 0 Å². The van der Waals surface area contributed by atoms with Crippen LogP contribution in [0.1, 0.15) is 33.6 Å². The summed E-state index contributed by atoms with van der Waals surface area (Å²) in [5, 5.41) is 2.47. The Bertz CT molecular complexity index is 473. The van der Waals surface area contributed by atoms with E-state index in [2.05, 4.69) is 18.8 Å². The first kappa shape index (κ1) is 15.0. The predicted octanol–water partition coefficient (Wildman–Crippen LogP) is 2.47. The maximum Gasteiger partial charge on any atom is 0.311 e. The Kier molecular flexibility index (Phi) is 4.75. The molecule has 110 valence electrons. The number of amides is 1. The summed E-state index contributed by atoms with van der Waals surface area (Å²) < 4.78 is 5.42. The molecule has 2 rings (SSSR count). The van der Waals surface area contributed by atoms with Crippen LogP contribution >= 0.6 is 11.3 Å². The van der Waals surface area contributed by atoms with Gasteiger partial charge >= 0.3 is 5.97 Å². The molecule has 6 heteroatoms. The summed E-state index contributed by atoms with van der Waals surface area (Å²) in [7, 11) is 0. The fraction of sp³-hybridized carbons (Fsp3) is 0.643.